The van der Waals surface area contributed by atoms with Crippen molar-refractivity contribution in [3.63, 3.8) is 0 Å². The van der Waals surface area contributed by atoms with E-state index in [-0.39, 0.29) is 5.91 Å². The fourth-order valence-electron chi connectivity index (χ4n) is 5.01. The van der Waals surface area contributed by atoms with Gasteiger partial charge < -0.3 is 15.4 Å². The molecule has 0 spiro atoms. The summed E-state index contributed by atoms with van der Waals surface area (Å²) in [6, 6.07) is 9.92. The normalized spacial score (nSPS) is 31.0. The third kappa shape index (κ3) is 5.31. The Kier molecular flexibility index (Phi) is 6.11. The van der Waals surface area contributed by atoms with Crippen LogP contribution < -0.4 is 10.6 Å². The van der Waals surface area contributed by atoms with Gasteiger partial charge in [0.1, 0.15) is 0 Å². The van der Waals surface area contributed by atoms with E-state index in [0.717, 1.165) is 39.1 Å². The zero-order valence-electron chi connectivity index (χ0n) is 16.5. The minimum atomic E-state index is 0.203. The van der Waals surface area contributed by atoms with E-state index in [9.17, 15) is 4.79 Å². The second-order valence-electron chi connectivity index (χ2n) is 8.69. The molecule has 1 aromatic rings. The van der Waals surface area contributed by atoms with Crippen molar-refractivity contribution < 1.29 is 9.53 Å². The molecule has 148 valence electrons. The van der Waals surface area contributed by atoms with Crippen molar-refractivity contribution in [2.24, 2.45) is 5.92 Å². The quantitative estimate of drug-likeness (QED) is 0.807. The van der Waals surface area contributed by atoms with E-state index >= 15 is 0 Å². The lowest BCUT2D eigenvalue weighted by atomic mass is 9.89. The molecule has 3 atom stereocenters. The van der Waals surface area contributed by atoms with Crippen molar-refractivity contribution in [2.45, 2.75) is 70.3 Å². The molecule has 3 unspecified atom stereocenters. The van der Waals surface area contributed by atoms with Gasteiger partial charge in [-0.05, 0) is 49.7 Å². The lowest BCUT2D eigenvalue weighted by molar-refractivity contribution is -0.122. The molecule has 5 heteroatoms. The molecule has 0 radical (unpaired) electrons. The lowest BCUT2D eigenvalue weighted by Crippen LogP contribution is -2.40. The molecule has 1 aromatic carbocycles. The number of benzene rings is 1. The Bertz CT molecular complexity index is 638. The van der Waals surface area contributed by atoms with Crippen molar-refractivity contribution in [3.8, 4) is 0 Å². The van der Waals surface area contributed by atoms with Crippen LogP contribution in [0.2, 0.25) is 0 Å². The topological polar surface area (TPSA) is 53.6 Å². The van der Waals surface area contributed by atoms with Gasteiger partial charge in [0, 0.05) is 44.7 Å². The number of ether oxygens (including phenoxy) is 1. The molecule has 3 saturated heterocycles. The number of carbonyl (C=O) groups excluding carboxylic acids is 1. The Labute approximate surface area is 162 Å². The molecule has 3 aliphatic heterocycles. The van der Waals surface area contributed by atoms with Gasteiger partial charge in [0.2, 0.25) is 5.91 Å². The number of hydrogen-bond donors (Lipinski definition) is 2. The van der Waals surface area contributed by atoms with Crippen molar-refractivity contribution in [3.05, 3.63) is 35.4 Å². The molecule has 3 aliphatic rings. The van der Waals surface area contributed by atoms with Crippen LogP contribution in [-0.2, 0) is 22.6 Å². The van der Waals surface area contributed by atoms with Crippen LogP contribution in [0.15, 0.2) is 24.3 Å². The maximum absolute atomic E-state index is 12.4. The maximum Gasteiger partial charge on any atom is 0.220 e. The van der Waals surface area contributed by atoms with Crippen LogP contribution in [0, 0.1) is 5.92 Å². The maximum atomic E-state index is 12.4. The van der Waals surface area contributed by atoms with Gasteiger partial charge in [0.25, 0.3) is 0 Å². The largest absolute Gasteiger partial charge is 0.376 e. The standard InChI is InChI=1S/C22H33N3O2/c1-16-14-25(7-8-27-16)15-18-4-2-3-17(9-18)13-23-22(26)12-19-10-20-5-6-21(11-19)24-20/h2-4,9,16,19-21,24H,5-8,10-15H2,1H3,(H,23,26). The van der Waals surface area contributed by atoms with E-state index in [1.54, 1.807) is 0 Å². The summed E-state index contributed by atoms with van der Waals surface area (Å²) in [6.07, 6.45) is 5.90. The van der Waals surface area contributed by atoms with E-state index in [0.29, 0.717) is 37.1 Å². The Morgan fingerprint density at radius 3 is 2.81 bits per heavy atom. The highest BCUT2D eigenvalue weighted by Gasteiger charge is 2.34. The predicted molar refractivity (Wildman–Crippen MR) is 106 cm³/mol. The van der Waals surface area contributed by atoms with Gasteiger partial charge in [0.15, 0.2) is 0 Å². The first-order valence-electron chi connectivity index (χ1n) is 10.6. The van der Waals surface area contributed by atoms with E-state index in [2.05, 4.69) is 46.7 Å². The number of amides is 1. The van der Waals surface area contributed by atoms with Gasteiger partial charge in [0.05, 0.1) is 12.7 Å². The van der Waals surface area contributed by atoms with Crippen LogP contribution in [0.4, 0.5) is 0 Å². The van der Waals surface area contributed by atoms with Gasteiger partial charge in [-0.1, -0.05) is 24.3 Å². The summed E-state index contributed by atoms with van der Waals surface area (Å²) in [4.78, 5) is 14.8. The zero-order chi connectivity index (χ0) is 18.6. The highest BCUT2D eigenvalue weighted by atomic mass is 16.5. The van der Waals surface area contributed by atoms with E-state index < -0.39 is 0 Å². The molecule has 2 N–H and O–H groups in total. The number of carbonyl (C=O) groups is 1. The number of rotatable bonds is 6. The first-order valence-corrected chi connectivity index (χ1v) is 10.6. The van der Waals surface area contributed by atoms with Crippen LogP contribution in [0.1, 0.15) is 50.2 Å². The third-order valence-corrected chi connectivity index (χ3v) is 6.26. The number of piperidine rings is 1. The first-order chi connectivity index (χ1) is 13.1. The van der Waals surface area contributed by atoms with Crippen LogP contribution in [-0.4, -0.2) is 48.7 Å². The first kappa shape index (κ1) is 18.9. The van der Waals surface area contributed by atoms with Gasteiger partial charge >= 0.3 is 0 Å². The van der Waals surface area contributed by atoms with Gasteiger partial charge in [-0.3, -0.25) is 9.69 Å². The summed E-state index contributed by atoms with van der Waals surface area (Å²) in [5, 5.41) is 6.79. The zero-order valence-corrected chi connectivity index (χ0v) is 16.5. The highest BCUT2D eigenvalue weighted by Crippen LogP contribution is 2.32. The van der Waals surface area contributed by atoms with Crippen molar-refractivity contribution in [1.29, 1.82) is 0 Å². The number of hydrogen-bond acceptors (Lipinski definition) is 4. The molecule has 2 bridgehead atoms. The fraction of sp³-hybridized carbons (Fsp3) is 0.682. The molecular formula is C22H33N3O2. The van der Waals surface area contributed by atoms with E-state index in [1.807, 2.05) is 0 Å². The summed E-state index contributed by atoms with van der Waals surface area (Å²) in [7, 11) is 0. The Morgan fingerprint density at radius 1 is 1.26 bits per heavy atom. The molecule has 3 heterocycles. The van der Waals surface area contributed by atoms with Crippen LogP contribution >= 0.6 is 0 Å². The molecule has 5 nitrogen and oxygen atoms in total. The predicted octanol–water partition coefficient (Wildman–Crippen LogP) is 2.44. The SMILES string of the molecule is CC1CN(Cc2cccc(CNC(=O)CC3CC4CCC(C3)N4)c2)CCO1. The number of nitrogens with one attached hydrogen (secondary N) is 2. The minimum Gasteiger partial charge on any atom is -0.376 e. The smallest absolute Gasteiger partial charge is 0.220 e. The molecule has 0 aliphatic carbocycles. The van der Waals surface area contributed by atoms with E-state index in [1.165, 1.54) is 24.0 Å². The summed E-state index contributed by atoms with van der Waals surface area (Å²) in [5.41, 5.74) is 2.50. The van der Waals surface area contributed by atoms with Crippen molar-refractivity contribution in [1.82, 2.24) is 15.5 Å². The lowest BCUT2D eigenvalue weighted by Gasteiger charge is -2.31. The number of nitrogens with zero attached hydrogens (tertiary/aromatic N) is 1. The molecule has 0 saturated carbocycles. The average Bonchev–Trinajstić information content (AvgIpc) is 2.99. The Morgan fingerprint density at radius 2 is 2.04 bits per heavy atom. The average molecular weight is 372 g/mol. The summed E-state index contributed by atoms with van der Waals surface area (Å²) >= 11 is 0. The molecule has 0 aromatic heterocycles. The van der Waals surface area contributed by atoms with Crippen LogP contribution in [0.5, 0.6) is 0 Å². The number of morpholine rings is 1. The van der Waals surface area contributed by atoms with Crippen LogP contribution in [0.3, 0.4) is 0 Å². The van der Waals surface area contributed by atoms with Crippen molar-refractivity contribution >= 4 is 5.91 Å². The molecule has 3 fully saturated rings. The summed E-state index contributed by atoms with van der Waals surface area (Å²) in [5.74, 6) is 0.757. The summed E-state index contributed by atoms with van der Waals surface area (Å²) < 4.78 is 5.62. The monoisotopic (exact) mass is 371 g/mol. The number of fused-ring (bicyclic) bond motifs is 2. The Hall–Kier alpha value is -1.43. The molecular weight excluding hydrogens is 338 g/mol. The molecule has 4 rings (SSSR count). The minimum absolute atomic E-state index is 0.203. The third-order valence-electron chi connectivity index (χ3n) is 6.26. The van der Waals surface area contributed by atoms with E-state index in [4.69, 9.17) is 4.74 Å². The van der Waals surface area contributed by atoms with Gasteiger partial charge in [-0.2, -0.15) is 0 Å². The molecule has 1 amide bonds. The highest BCUT2D eigenvalue weighted by molar-refractivity contribution is 5.76. The van der Waals surface area contributed by atoms with Crippen molar-refractivity contribution in [2.75, 3.05) is 19.7 Å². The second-order valence-corrected chi connectivity index (χ2v) is 8.69. The fourth-order valence-corrected chi connectivity index (χ4v) is 5.01. The Balaban J connectivity index is 1.24. The van der Waals surface area contributed by atoms with Gasteiger partial charge in [-0.15, -0.1) is 0 Å². The summed E-state index contributed by atoms with van der Waals surface area (Å²) in [6.45, 7) is 6.50. The van der Waals surface area contributed by atoms with Gasteiger partial charge in [-0.25, -0.2) is 0 Å². The second kappa shape index (κ2) is 8.72. The van der Waals surface area contributed by atoms with Crippen LogP contribution in [0.25, 0.3) is 0 Å². The molecule has 27 heavy (non-hydrogen) atoms.